The molecule has 0 radical (unpaired) electrons. The minimum Gasteiger partial charge on any atom is -0.399 e. The van der Waals surface area contributed by atoms with Crippen LogP contribution in [-0.4, -0.2) is 35.4 Å². The van der Waals surface area contributed by atoms with E-state index in [0.29, 0.717) is 5.56 Å². The van der Waals surface area contributed by atoms with Gasteiger partial charge in [0.25, 0.3) is 5.91 Å². The molecule has 140 valence electrons. The predicted octanol–water partition coefficient (Wildman–Crippen LogP) is 2.28. The van der Waals surface area contributed by atoms with Gasteiger partial charge in [0, 0.05) is 29.0 Å². The first kappa shape index (κ1) is 19.2. The third-order valence-corrected chi connectivity index (χ3v) is 4.88. The number of nitrogens with zero attached hydrogens (tertiary/aromatic N) is 2. The highest BCUT2D eigenvalue weighted by molar-refractivity contribution is 6.62. The summed E-state index contributed by atoms with van der Waals surface area (Å²) in [5.74, 6) is -0.908. The molecule has 1 saturated heterocycles. The van der Waals surface area contributed by atoms with Crippen molar-refractivity contribution >= 4 is 24.7 Å². The molecule has 1 amide bonds. The van der Waals surface area contributed by atoms with Crippen LogP contribution < -0.4 is 10.9 Å². The molecular formula is C19H21BFN3O3. The van der Waals surface area contributed by atoms with Crippen LogP contribution in [0.3, 0.4) is 0 Å². The van der Waals surface area contributed by atoms with Gasteiger partial charge in [-0.15, -0.1) is 0 Å². The molecular weight excluding hydrogens is 348 g/mol. The summed E-state index contributed by atoms with van der Waals surface area (Å²) in [6.45, 7) is 7.63. The van der Waals surface area contributed by atoms with Gasteiger partial charge < -0.3 is 9.31 Å². The van der Waals surface area contributed by atoms with Crippen molar-refractivity contribution in [2.75, 3.05) is 0 Å². The number of nitrogens with one attached hydrogen (secondary N) is 1. The lowest BCUT2D eigenvalue weighted by Gasteiger charge is -2.32. The second kappa shape index (κ2) is 7.21. The maximum absolute atomic E-state index is 14.9. The molecule has 6 nitrogen and oxygen atoms in total. The molecule has 1 aliphatic heterocycles. The van der Waals surface area contributed by atoms with Crippen LogP contribution in [-0.2, 0) is 9.31 Å². The number of carbonyl (C=O) groups is 1. The topological polar surface area (TPSA) is 72.8 Å². The zero-order valence-electron chi connectivity index (χ0n) is 15.7. The van der Waals surface area contributed by atoms with E-state index in [1.807, 2.05) is 27.7 Å². The first-order chi connectivity index (χ1) is 12.7. The lowest BCUT2D eigenvalue weighted by atomic mass is 9.78. The maximum Gasteiger partial charge on any atom is 0.497 e. The van der Waals surface area contributed by atoms with Crippen molar-refractivity contribution < 1.29 is 18.5 Å². The summed E-state index contributed by atoms with van der Waals surface area (Å²) in [5, 5.41) is 3.84. The monoisotopic (exact) mass is 369 g/mol. The van der Waals surface area contributed by atoms with Crippen LogP contribution in [0.5, 0.6) is 0 Å². The van der Waals surface area contributed by atoms with Gasteiger partial charge >= 0.3 is 7.12 Å². The second-order valence-corrected chi connectivity index (χ2v) is 7.27. The summed E-state index contributed by atoms with van der Waals surface area (Å²) < 4.78 is 26.7. The highest BCUT2D eigenvalue weighted by Crippen LogP contribution is 2.36. The van der Waals surface area contributed by atoms with Crippen molar-refractivity contribution in [2.24, 2.45) is 5.10 Å². The molecule has 1 aromatic heterocycles. The van der Waals surface area contributed by atoms with E-state index in [4.69, 9.17) is 9.31 Å². The number of amides is 1. The molecule has 1 fully saturated rings. The summed E-state index contributed by atoms with van der Waals surface area (Å²) in [4.78, 5) is 15.8. The molecule has 1 aliphatic rings. The number of aromatic nitrogens is 1. The zero-order chi connectivity index (χ0) is 19.7. The molecule has 2 aromatic rings. The molecule has 0 saturated carbocycles. The Hall–Kier alpha value is -2.58. The van der Waals surface area contributed by atoms with Gasteiger partial charge in [-0.3, -0.25) is 9.78 Å². The molecule has 0 bridgehead atoms. The molecule has 1 aromatic carbocycles. The third-order valence-electron chi connectivity index (χ3n) is 4.88. The number of halogens is 1. The van der Waals surface area contributed by atoms with E-state index < -0.39 is 30.0 Å². The number of benzene rings is 1. The minimum atomic E-state index is -0.810. The lowest BCUT2D eigenvalue weighted by molar-refractivity contribution is 0.00578. The highest BCUT2D eigenvalue weighted by atomic mass is 19.1. The van der Waals surface area contributed by atoms with Crippen LogP contribution in [0.25, 0.3) is 0 Å². The fourth-order valence-electron chi connectivity index (χ4n) is 2.55. The SMILES string of the molecule is CC1(C)OB(c2cccc(/C=N/NC(=O)c3ccncc3)c2F)OC1(C)C. The fourth-order valence-corrected chi connectivity index (χ4v) is 2.55. The molecule has 27 heavy (non-hydrogen) atoms. The van der Waals surface area contributed by atoms with Gasteiger partial charge in [-0.2, -0.15) is 5.10 Å². The Morgan fingerprint density at radius 3 is 2.41 bits per heavy atom. The van der Waals surface area contributed by atoms with Gasteiger partial charge in [0.15, 0.2) is 0 Å². The van der Waals surface area contributed by atoms with Crippen LogP contribution in [0, 0.1) is 5.82 Å². The average Bonchev–Trinajstić information content (AvgIpc) is 2.84. The summed E-state index contributed by atoms with van der Waals surface area (Å²) in [6, 6.07) is 7.99. The first-order valence-electron chi connectivity index (χ1n) is 8.59. The van der Waals surface area contributed by atoms with Gasteiger partial charge in [0.1, 0.15) is 5.82 Å². The number of rotatable bonds is 4. The third kappa shape index (κ3) is 3.91. The summed E-state index contributed by atoms with van der Waals surface area (Å²) in [6.07, 6.45) is 4.27. The van der Waals surface area contributed by atoms with Gasteiger partial charge in [0.05, 0.1) is 17.4 Å². The molecule has 2 heterocycles. The lowest BCUT2D eigenvalue weighted by Crippen LogP contribution is -2.41. The van der Waals surface area contributed by atoms with Crippen molar-refractivity contribution in [3.05, 3.63) is 59.7 Å². The van der Waals surface area contributed by atoms with Crippen LogP contribution in [0.4, 0.5) is 4.39 Å². The number of hydrogen-bond donors (Lipinski definition) is 1. The zero-order valence-corrected chi connectivity index (χ0v) is 15.7. The summed E-state index contributed by atoms with van der Waals surface area (Å²) >= 11 is 0. The molecule has 8 heteroatoms. The Labute approximate surface area is 157 Å². The average molecular weight is 369 g/mol. The van der Waals surface area contributed by atoms with Crippen molar-refractivity contribution in [2.45, 2.75) is 38.9 Å². The van der Waals surface area contributed by atoms with E-state index in [1.165, 1.54) is 18.6 Å². The number of hydrazone groups is 1. The predicted molar refractivity (Wildman–Crippen MR) is 101 cm³/mol. The van der Waals surface area contributed by atoms with Gasteiger partial charge in [-0.25, -0.2) is 9.82 Å². The number of pyridine rings is 1. The van der Waals surface area contributed by atoms with Crippen molar-refractivity contribution in [3.63, 3.8) is 0 Å². The molecule has 0 unspecified atom stereocenters. The van der Waals surface area contributed by atoms with Crippen LogP contribution in [0.1, 0.15) is 43.6 Å². The van der Waals surface area contributed by atoms with Crippen LogP contribution in [0.2, 0.25) is 0 Å². The van der Waals surface area contributed by atoms with Gasteiger partial charge in [0.2, 0.25) is 0 Å². The Kier molecular flexibility index (Phi) is 5.12. The minimum absolute atomic E-state index is 0.220. The van der Waals surface area contributed by atoms with E-state index in [-0.39, 0.29) is 11.0 Å². The van der Waals surface area contributed by atoms with Crippen molar-refractivity contribution in [1.29, 1.82) is 0 Å². The Morgan fingerprint density at radius 2 is 1.78 bits per heavy atom. The molecule has 3 rings (SSSR count). The molecule has 0 spiro atoms. The molecule has 0 aliphatic carbocycles. The Morgan fingerprint density at radius 1 is 1.15 bits per heavy atom. The maximum atomic E-state index is 14.9. The van der Waals surface area contributed by atoms with E-state index >= 15 is 0 Å². The number of carbonyl (C=O) groups excluding carboxylic acids is 1. The van der Waals surface area contributed by atoms with E-state index in [1.54, 1.807) is 30.3 Å². The quantitative estimate of drug-likeness (QED) is 0.510. The Balaban J connectivity index is 1.75. The van der Waals surface area contributed by atoms with Crippen molar-refractivity contribution in [1.82, 2.24) is 10.4 Å². The second-order valence-electron chi connectivity index (χ2n) is 7.27. The summed E-state index contributed by atoms with van der Waals surface area (Å²) in [5.41, 5.74) is 2.16. The standard InChI is InChI=1S/C19H21BFN3O3/c1-18(2)19(3,4)27-20(26-18)15-7-5-6-14(16(15)21)12-23-24-17(25)13-8-10-22-11-9-13/h5-12H,1-4H3,(H,24,25)/b23-12+. The highest BCUT2D eigenvalue weighted by Gasteiger charge is 2.52. The summed E-state index contributed by atoms with van der Waals surface area (Å²) in [7, 11) is -0.810. The van der Waals surface area contributed by atoms with Crippen LogP contribution in [0.15, 0.2) is 47.8 Å². The molecule has 1 N–H and O–H groups in total. The van der Waals surface area contributed by atoms with Crippen LogP contribution >= 0.6 is 0 Å². The Bertz CT molecular complexity index is 856. The van der Waals surface area contributed by atoms with Gasteiger partial charge in [-0.1, -0.05) is 18.2 Å². The largest absolute Gasteiger partial charge is 0.497 e. The van der Waals surface area contributed by atoms with Gasteiger partial charge in [-0.05, 0) is 39.8 Å². The fraction of sp³-hybridized carbons (Fsp3) is 0.316. The normalized spacial score (nSPS) is 18.0. The van der Waals surface area contributed by atoms with Crippen molar-refractivity contribution in [3.8, 4) is 0 Å². The molecule has 0 atom stereocenters. The first-order valence-corrected chi connectivity index (χ1v) is 8.59. The van der Waals surface area contributed by atoms with E-state index in [9.17, 15) is 9.18 Å². The number of hydrogen-bond acceptors (Lipinski definition) is 5. The van der Waals surface area contributed by atoms with E-state index in [0.717, 1.165) is 0 Å². The van der Waals surface area contributed by atoms with E-state index in [2.05, 4.69) is 15.5 Å². The smallest absolute Gasteiger partial charge is 0.399 e.